The number of rotatable bonds is 3. The predicted octanol–water partition coefficient (Wildman–Crippen LogP) is 1.08. The van der Waals surface area contributed by atoms with Gasteiger partial charge in [-0.05, 0) is 26.7 Å². The van der Waals surface area contributed by atoms with E-state index in [1.807, 2.05) is 0 Å². The van der Waals surface area contributed by atoms with Crippen molar-refractivity contribution in [2.45, 2.75) is 38.4 Å². The lowest BCUT2D eigenvalue weighted by Crippen LogP contribution is -2.46. The number of nitrogens with zero attached hydrogens (tertiary/aromatic N) is 1. The van der Waals surface area contributed by atoms with Gasteiger partial charge in [-0.25, -0.2) is 0 Å². The van der Waals surface area contributed by atoms with Crippen molar-refractivity contribution < 1.29 is 9.84 Å². The van der Waals surface area contributed by atoms with Crippen molar-refractivity contribution in [3.8, 4) is 6.07 Å². The molecule has 12 heavy (non-hydrogen) atoms. The monoisotopic (exact) mass is 169 g/mol. The maximum Gasteiger partial charge on any atom is 0.106 e. The first-order valence-electron chi connectivity index (χ1n) is 4.16. The fraction of sp³-hybridized carbons (Fsp3) is 0.889. The zero-order chi connectivity index (χ0) is 9.41. The number of hydrogen-bond acceptors (Lipinski definition) is 3. The summed E-state index contributed by atoms with van der Waals surface area (Å²) >= 11 is 0. The predicted molar refractivity (Wildman–Crippen MR) is 44.4 cm³/mol. The van der Waals surface area contributed by atoms with Gasteiger partial charge < -0.3 is 9.84 Å². The molecule has 0 spiro atoms. The van der Waals surface area contributed by atoms with Crippen molar-refractivity contribution in [2.75, 3.05) is 7.11 Å². The quantitative estimate of drug-likeness (QED) is 0.687. The highest BCUT2D eigenvalue weighted by atomic mass is 16.5. The van der Waals surface area contributed by atoms with E-state index in [1.165, 1.54) is 0 Å². The summed E-state index contributed by atoms with van der Waals surface area (Å²) in [5.41, 5.74) is -1.57. The molecule has 0 aromatic carbocycles. The van der Waals surface area contributed by atoms with Gasteiger partial charge in [0.15, 0.2) is 0 Å². The molecule has 1 saturated carbocycles. The first kappa shape index (κ1) is 9.50. The van der Waals surface area contributed by atoms with Crippen molar-refractivity contribution in [2.24, 2.45) is 5.41 Å². The van der Waals surface area contributed by atoms with Crippen LogP contribution in [0.3, 0.4) is 0 Å². The van der Waals surface area contributed by atoms with Gasteiger partial charge in [-0.2, -0.15) is 5.26 Å². The van der Waals surface area contributed by atoms with E-state index in [-0.39, 0.29) is 6.10 Å². The van der Waals surface area contributed by atoms with E-state index in [4.69, 9.17) is 10.00 Å². The summed E-state index contributed by atoms with van der Waals surface area (Å²) in [5, 5.41) is 18.9. The van der Waals surface area contributed by atoms with Gasteiger partial charge >= 0.3 is 0 Å². The number of ether oxygens (including phenoxy) is 1. The lowest BCUT2D eigenvalue weighted by atomic mass is 9.83. The summed E-state index contributed by atoms with van der Waals surface area (Å²) in [5.74, 6) is 0. The Balaban J connectivity index is 2.79. The molecule has 1 rings (SSSR count). The molecule has 3 nitrogen and oxygen atoms in total. The highest BCUT2D eigenvalue weighted by Gasteiger charge is 2.59. The topological polar surface area (TPSA) is 53.2 Å². The third-order valence-corrected chi connectivity index (χ3v) is 3.08. The van der Waals surface area contributed by atoms with Crippen LogP contribution >= 0.6 is 0 Å². The van der Waals surface area contributed by atoms with Crippen molar-refractivity contribution in [1.82, 2.24) is 0 Å². The summed E-state index contributed by atoms with van der Waals surface area (Å²) in [6.07, 6.45) is 1.27. The average Bonchev–Trinajstić information content (AvgIpc) is 2.83. The standard InChI is InChI=1S/C9H15NO2/c1-7(12-3)8(2,11)9(6-10)4-5-9/h7,11H,4-5H2,1-3H3. The Morgan fingerprint density at radius 3 is 2.42 bits per heavy atom. The minimum atomic E-state index is -1.02. The molecule has 3 heteroatoms. The summed E-state index contributed by atoms with van der Waals surface area (Å²) in [6, 6.07) is 2.18. The number of nitriles is 1. The minimum absolute atomic E-state index is 0.292. The van der Waals surface area contributed by atoms with Crippen molar-refractivity contribution in [3.05, 3.63) is 0 Å². The Morgan fingerprint density at radius 2 is 2.17 bits per heavy atom. The van der Waals surface area contributed by atoms with Gasteiger partial charge in [0.05, 0.1) is 17.6 Å². The van der Waals surface area contributed by atoms with E-state index < -0.39 is 11.0 Å². The molecular weight excluding hydrogens is 154 g/mol. The second-order valence-corrected chi connectivity index (χ2v) is 3.72. The van der Waals surface area contributed by atoms with E-state index in [9.17, 15) is 5.11 Å². The number of methoxy groups -OCH3 is 1. The van der Waals surface area contributed by atoms with E-state index >= 15 is 0 Å². The Labute approximate surface area is 73.0 Å². The SMILES string of the molecule is COC(C)C(C)(O)C1(C#N)CC1. The van der Waals surface area contributed by atoms with Crippen LogP contribution in [0.25, 0.3) is 0 Å². The zero-order valence-corrected chi connectivity index (χ0v) is 7.79. The largest absolute Gasteiger partial charge is 0.386 e. The molecule has 0 radical (unpaired) electrons. The molecule has 68 valence electrons. The van der Waals surface area contributed by atoms with E-state index in [1.54, 1.807) is 21.0 Å². The summed E-state index contributed by atoms with van der Waals surface area (Å²) in [6.45, 7) is 3.47. The van der Waals surface area contributed by atoms with Gasteiger partial charge in [0.25, 0.3) is 0 Å². The van der Waals surface area contributed by atoms with Crippen LogP contribution in [-0.2, 0) is 4.74 Å². The van der Waals surface area contributed by atoms with Gasteiger partial charge in [0.2, 0.25) is 0 Å². The van der Waals surface area contributed by atoms with E-state index in [0.717, 1.165) is 12.8 Å². The molecular formula is C9H15NO2. The van der Waals surface area contributed by atoms with Gasteiger partial charge in [-0.15, -0.1) is 0 Å². The molecule has 0 heterocycles. The van der Waals surface area contributed by atoms with Crippen molar-refractivity contribution in [3.63, 3.8) is 0 Å². The average molecular weight is 169 g/mol. The van der Waals surface area contributed by atoms with Crippen LogP contribution in [0.1, 0.15) is 26.7 Å². The molecule has 1 fully saturated rings. The highest BCUT2D eigenvalue weighted by Crippen LogP contribution is 2.54. The van der Waals surface area contributed by atoms with Crippen LogP contribution in [-0.4, -0.2) is 23.9 Å². The first-order chi connectivity index (χ1) is 5.50. The summed E-state index contributed by atoms with van der Waals surface area (Å²) in [7, 11) is 1.55. The molecule has 0 aromatic heterocycles. The smallest absolute Gasteiger partial charge is 0.106 e. The Morgan fingerprint density at radius 1 is 1.67 bits per heavy atom. The molecule has 1 aliphatic rings. The molecule has 2 atom stereocenters. The van der Waals surface area contributed by atoms with Crippen LogP contribution < -0.4 is 0 Å². The van der Waals surface area contributed by atoms with Gasteiger partial charge in [-0.1, -0.05) is 0 Å². The Hall–Kier alpha value is -0.590. The Kier molecular flexibility index (Phi) is 2.15. The number of hydrogen-bond donors (Lipinski definition) is 1. The lowest BCUT2D eigenvalue weighted by Gasteiger charge is -2.33. The zero-order valence-electron chi connectivity index (χ0n) is 7.79. The number of aliphatic hydroxyl groups is 1. The maximum atomic E-state index is 10.0. The molecule has 0 amide bonds. The molecule has 2 unspecified atom stereocenters. The van der Waals surface area contributed by atoms with Crippen LogP contribution in [0.15, 0.2) is 0 Å². The molecule has 0 aromatic rings. The van der Waals surface area contributed by atoms with Crippen molar-refractivity contribution >= 4 is 0 Å². The summed E-state index contributed by atoms with van der Waals surface area (Å²) < 4.78 is 5.04. The third-order valence-electron chi connectivity index (χ3n) is 3.08. The highest BCUT2D eigenvalue weighted by molar-refractivity contribution is 5.20. The van der Waals surface area contributed by atoms with Crippen molar-refractivity contribution in [1.29, 1.82) is 5.26 Å². The van der Waals surface area contributed by atoms with Crippen LogP contribution in [0.4, 0.5) is 0 Å². The first-order valence-corrected chi connectivity index (χ1v) is 4.16. The minimum Gasteiger partial charge on any atom is -0.386 e. The third kappa shape index (κ3) is 1.12. The van der Waals surface area contributed by atoms with Crippen LogP contribution in [0, 0.1) is 16.7 Å². The normalized spacial score (nSPS) is 26.9. The van der Waals surface area contributed by atoms with Crippen LogP contribution in [0.5, 0.6) is 0 Å². The summed E-state index contributed by atoms with van der Waals surface area (Å²) in [4.78, 5) is 0. The van der Waals surface area contributed by atoms with Gasteiger partial charge in [0, 0.05) is 7.11 Å². The molecule has 1 aliphatic carbocycles. The maximum absolute atomic E-state index is 10.0. The van der Waals surface area contributed by atoms with Crippen LogP contribution in [0.2, 0.25) is 0 Å². The fourth-order valence-corrected chi connectivity index (χ4v) is 1.47. The second kappa shape index (κ2) is 2.72. The molecule has 0 saturated heterocycles. The van der Waals surface area contributed by atoms with E-state index in [2.05, 4.69) is 6.07 Å². The molecule has 1 N–H and O–H groups in total. The Bertz CT molecular complexity index is 213. The van der Waals surface area contributed by atoms with E-state index in [0.29, 0.717) is 0 Å². The van der Waals surface area contributed by atoms with Gasteiger partial charge in [0.1, 0.15) is 5.60 Å². The lowest BCUT2D eigenvalue weighted by molar-refractivity contribution is -0.103. The fourth-order valence-electron chi connectivity index (χ4n) is 1.47. The van der Waals surface area contributed by atoms with Gasteiger partial charge in [-0.3, -0.25) is 0 Å². The second-order valence-electron chi connectivity index (χ2n) is 3.72. The molecule has 0 aliphatic heterocycles. The molecule has 0 bridgehead atoms.